The van der Waals surface area contributed by atoms with Crippen molar-refractivity contribution in [3.63, 3.8) is 0 Å². The van der Waals surface area contributed by atoms with Crippen LogP contribution in [-0.4, -0.2) is 54.7 Å². The van der Waals surface area contributed by atoms with Crippen LogP contribution in [0.2, 0.25) is 5.28 Å². The Morgan fingerprint density at radius 2 is 2.29 bits per heavy atom. The third kappa shape index (κ3) is 2.21. The SMILES string of the molecule is Nc1nc(Cl)nc2c1ncn2[C@@H]1O[C@H](CO)[C@H](O)[C@H]1OF. The van der Waals surface area contributed by atoms with Crippen molar-refractivity contribution < 1.29 is 24.4 Å². The molecule has 0 saturated carbocycles. The number of aromatic nitrogens is 4. The molecule has 1 aliphatic rings. The molecular formula is C10H11ClFN5O4. The van der Waals surface area contributed by atoms with Crippen LogP contribution in [0.25, 0.3) is 11.2 Å². The topological polar surface area (TPSA) is 129 Å². The van der Waals surface area contributed by atoms with Crippen LogP contribution < -0.4 is 5.73 Å². The minimum absolute atomic E-state index is 0.0544. The van der Waals surface area contributed by atoms with Gasteiger partial charge in [0.25, 0.3) is 0 Å². The highest BCUT2D eigenvalue weighted by Crippen LogP contribution is 2.34. The summed E-state index contributed by atoms with van der Waals surface area (Å²) in [6, 6.07) is 0. The molecule has 0 radical (unpaired) electrons. The summed E-state index contributed by atoms with van der Waals surface area (Å²) in [7, 11) is 0. The molecule has 0 amide bonds. The zero-order valence-corrected chi connectivity index (χ0v) is 11.2. The third-order valence-electron chi connectivity index (χ3n) is 3.29. The summed E-state index contributed by atoms with van der Waals surface area (Å²) in [4.78, 5) is 15.5. The van der Waals surface area contributed by atoms with E-state index in [2.05, 4.69) is 19.9 Å². The quantitative estimate of drug-likeness (QED) is 0.651. The number of hydrogen-bond donors (Lipinski definition) is 3. The fourth-order valence-electron chi connectivity index (χ4n) is 2.29. The van der Waals surface area contributed by atoms with E-state index in [4.69, 9.17) is 27.2 Å². The number of ether oxygens (including phenoxy) is 1. The minimum atomic E-state index is -1.35. The molecule has 0 unspecified atom stereocenters. The number of fused-ring (bicyclic) bond motifs is 1. The maximum absolute atomic E-state index is 12.7. The van der Waals surface area contributed by atoms with Gasteiger partial charge in [0.15, 0.2) is 23.8 Å². The van der Waals surface area contributed by atoms with Gasteiger partial charge in [-0.2, -0.15) is 14.9 Å². The molecule has 3 rings (SSSR count). The smallest absolute Gasteiger partial charge is 0.226 e. The van der Waals surface area contributed by atoms with Crippen LogP contribution in [0.1, 0.15) is 6.23 Å². The molecule has 4 atom stereocenters. The van der Waals surface area contributed by atoms with E-state index in [-0.39, 0.29) is 22.3 Å². The molecule has 0 spiro atoms. The van der Waals surface area contributed by atoms with Gasteiger partial charge < -0.3 is 20.7 Å². The molecule has 2 aromatic heterocycles. The molecule has 0 aliphatic carbocycles. The maximum atomic E-state index is 12.7. The van der Waals surface area contributed by atoms with Crippen LogP contribution in [0.3, 0.4) is 0 Å². The Kier molecular flexibility index (Phi) is 3.63. The summed E-state index contributed by atoms with van der Waals surface area (Å²) in [5.41, 5.74) is 6.12. The number of nitrogens with zero attached hydrogens (tertiary/aromatic N) is 4. The van der Waals surface area contributed by atoms with E-state index in [0.29, 0.717) is 0 Å². The standard InChI is InChI=1S/C10H11ClFN5O4/c11-10-15-7(13)4-8(16-10)17(2-14-4)9-6(21-12)5(19)3(1-18)20-9/h2-3,5-6,9,18-19H,1H2,(H2,13,15,16)/t3-,5+,6-,9-/m1/s1. The first kappa shape index (κ1) is 14.4. The lowest BCUT2D eigenvalue weighted by Crippen LogP contribution is -2.33. The number of rotatable bonds is 3. The van der Waals surface area contributed by atoms with E-state index in [1.165, 1.54) is 10.9 Å². The summed E-state index contributed by atoms with van der Waals surface area (Å²) >= 11 is 5.74. The van der Waals surface area contributed by atoms with Crippen molar-refractivity contribution in [2.75, 3.05) is 12.3 Å². The Hall–Kier alpha value is -1.59. The Labute approximate surface area is 122 Å². The Morgan fingerprint density at radius 3 is 2.95 bits per heavy atom. The van der Waals surface area contributed by atoms with E-state index in [9.17, 15) is 9.63 Å². The average Bonchev–Trinajstić information content (AvgIpc) is 2.99. The number of aliphatic hydroxyl groups is 2. The van der Waals surface area contributed by atoms with Crippen molar-refractivity contribution in [1.29, 1.82) is 0 Å². The molecule has 21 heavy (non-hydrogen) atoms. The minimum Gasteiger partial charge on any atom is -0.394 e. The third-order valence-corrected chi connectivity index (χ3v) is 3.46. The van der Waals surface area contributed by atoms with Gasteiger partial charge in [-0.3, -0.25) is 4.57 Å². The molecule has 9 nitrogen and oxygen atoms in total. The predicted octanol–water partition coefficient (Wildman–Crippen LogP) is -0.418. The number of nitrogens with two attached hydrogens (primary N) is 1. The van der Waals surface area contributed by atoms with Crippen molar-refractivity contribution in [3.05, 3.63) is 11.6 Å². The molecule has 0 aromatic carbocycles. The van der Waals surface area contributed by atoms with E-state index in [1.54, 1.807) is 0 Å². The summed E-state index contributed by atoms with van der Waals surface area (Å²) in [6.07, 6.45) is -3.50. The molecule has 11 heteroatoms. The summed E-state index contributed by atoms with van der Waals surface area (Å²) in [5, 5.41) is 18.8. The van der Waals surface area contributed by atoms with Crippen molar-refractivity contribution in [2.24, 2.45) is 0 Å². The van der Waals surface area contributed by atoms with Crippen molar-refractivity contribution >= 4 is 28.6 Å². The van der Waals surface area contributed by atoms with Gasteiger partial charge in [0.2, 0.25) is 5.28 Å². The molecule has 114 valence electrons. The lowest BCUT2D eigenvalue weighted by atomic mass is 10.1. The van der Waals surface area contributed by atoms with E-state index < -0.39 is 31.1 Å². The van der Waals surface area contributed by atoms with Crippen LogP contribution >= 0.6 is 11.6 Å². The van der Waals surface area contributed by atoms with Gasteiger partial charge in [-0.05, 0) is 16.1 Å². The number of aliphatic hydroxyl groups excluding tert-OH is 2. The zero-order chi connectivity index (χ0) is 15.1. The molecule has 4 N–H and O–H groups in total. The number of anilines is 1. The molecule has 3 heterocycles. The molecule has 1 aliphatic heterocycles. The molecule has 0 bridgehead atoms. The lowest BCUT2D eigenvalue weighted by Gasteiger charge is -2.17. The van der Waals surface area contributed by atoms with Crippen molar-refractivity contribution in [1.82, 2.24) is 19.5 Å². The second kappa shape index (κ2) is 5.31. The Balaban J connectivity index is 2.08. The van der Waals surface area contributed by atoms with Gasteiger partial charge in [0, 0.05) is 0 Å². The number of imidazole rings is 1. The Bertz CT molecular complexity index is 670. The van der Waals surface area contributed by atoms with E-state index in [1.807, 2.05) is 0 Å². The van der Waals surface area contributed by atoms with Gasteiger partial charge in [-0.25, -0.2) is 4.98 Å². The molecule has 1 fully saturated rings. The average molecular weight is 320 g/mol. The van der Waals surface area contributed by atoms with Crippen molar-refractivity contribution in [3.8, 4) is 0 Å². The zero-order valence-electron chi connectivity index (χ0n) is 10.4. The van der Waals surface area contributed by atoms with E-state index >= 15 is 0 Å². The normalized spacial score (nSPS) is 29.3. The highest BCUT2D eigenvalue weighted by atomic mass is 35.5. The molecule has 2 aromatic rings. The van der Waals surface area contributed by atoms with Crippen LogP contribution in [0.15, 0.2) is 6.33 Å². The summed E-state index contributed by atoms with van der Waals surface area (Å²) in [6.45, 7) is -0.498. The van der Waals surface area contributed by atoms with Crippen LogP contribution in [-0.2, 0) is 9.68 Å². The second-order valence-corrected chi connectivity index (χ2v) is 4.83. The fourth-order valence-corrected chi connectivity index (χ4v) is 2.46. The largest absolute Gasteiger partial charge is 0.394 e. The number of halogens is 2. The highest BCUT2D eigenvalue weighted by Gasteiger charge is 2.47. The van der Waals surface area contributed by atoms with Gasteiger partial charge in [0.1, 0.15) is 17.7 Å². The van der Waals surface area contributed by atoms with Crippen LogP contribution in [0, 0.1) is 0 Å². The fraction of sp³-hybridized carbons (Fsp3) is 0.500. The lowest BCUT2D eigenvalue weighted by molar-refractivity contribution is -0.220. The first-order valence-electron chi connectivity index (χ1n) is 5.94. The number of nitrogen functional groups attached to an aromatic ring is 1. The second-order valence-electron chi connectivity index (χ2n) is 4.49. The van der Waals surface area contributed by atoms with E-state index in [0.717, 1.165) is 0 Å². The summed E-state index contributed by atoms with van der Waals surface area (Å²) in [5.74, 6) is 0.0544. The summed E-state index contributed by atoms with van der Waals surface area (Å²) < 4.78 is 19.4. The maximum Gasteiger partial charge on any atom is 0.226 e. The predicted molar refractivity (Wildman–Crippen MR) is 67.7 cm³/mol. The first-order chi connectivity index (χ1) is 10.1. The van der Waals surface area contributed by atoms with Crippen molar-refractivity contribution in [2.45, 2.75) is 24.5 Å². The van der Waals surface area contributed by atoms with Crippen LogP contribution in [0.4, 0.5) is 10.3 Å². The first-order valence-corrected chi connectivity index (χ1v) is 6.32. The highest BCUT2D eigenvalue weighted by molar-refractivity contribution is 6.28. The van der Waals surface area contributed by atoms with Gasteiger partial charge in [-0.1, -0.05) is 0 Å². The Morgan fingerprint density at radius 1 is 1.52 bits per heavy atom. The van der Waals surface area contributed by atoms with Crippen LogP contribution in [0.5, 0.6) is 0 Å². The molecule has 1 saturated heterocycles. The number of hydrogen-bond acceptors (Lipinski definition) is 8. The van der Waals surface area contributed by atoms with Gasteiger partial charge in [0.05, 0.1) is 12.9 Å². The van der Waals surface area contributed by atoms with Gasteiger partial charge >= 0.3 is 0 Å². The molecular weight excluding hydrogens is 309 g/mol. The van der Waals surface area contributed by atoms with Gasteiger partial charge in [-0.15, -0.1) is 0 Å². The monoisotopic (exact) mass is 319 g/mol.